The van der Waals surface area contributed by atoms with Crippen molar-refractivity contribution < 1.29 is 4.42 Å². The van der Waals surface area contributed by atoms with Crippen LogP contribution >= 0.6 is 11.3 Å². The van der Waals surface area contributed by atoms with Gasteiger partial charge >= 0.3 is 0 Å². The second-order valence-corrected chi connectivity index (χ2v) is 3.16. The van der Waals surface area contributed by atoms with E-state index < -0.39 is 0 Å². The van der Waals surface area contributed by atoms with E-state index in [0.717, 1.165) is 16.4 Å². The summed E-state index contributed by atoms with van der Waals surface area (Å²) < 4.78 is 4.96. The number of thiazole rings is 1. The molecule has 0 unspecified atom stereocenters. The summed E-state index contributed by atoms with van der Waals surface area (Å²) in [6.07, 6.45) is 3.34. The van der Waals surface area contributed by atoms with Crippen molar-refractivity contribution in [3.63, 3.8) is 0 Å². The normalized spacial score (nSPS) is 10.1. The van der Waals surface area contributed by atoms with Crippen LogP contribution in [0.2, 0.25) is 0 Å². The molecule has 12 heavy (non-hydrogen) atoms. The molecule has 3 nitrogen and oxygen atoms in total. The summed E-state index contributed by atoms with van der Waals surface area (Å²) in [6, 6.07) is 1.90. The fourth-order valence-corrected chi connectivity index (χ4v) is 1.61. The van der Waals surface area contributed by atoms with Gasteiger partial charge in [-0.2, -0.15) is 0 Å². The van der Waals surface area contributed by atoms with E-state index in [1.807, 2.05) is 18.5 Å². The van der Waals surface area contributed by atoms with Crippen LogP contribution in [0.15, 0.2) is 28.4 Å². The monoisotopic (exact) mass is 180 g/mol. The predicted molar refractivity (Wildman–Crippen MR) is 49.4 cm³/mol. The van der Waals surface area contributed by atoms with Gasteiger partial charge in [-0.1, -0.05) is 0 Å². The van der Waals surface area contributed by atoms with E-state index in [4.69, 9.17) is 4.42 Å². The van der Waals surface area contributed by atoms with Crippen LogP contribution in [-0.2, 0) is 0 Å². The van der Waals surface area contributed by atoms with Gasteiger partial charge in [-0.05, 0) is 6.07 Å². The number of anilines is 1. The molecule has 2 aromatic heterocycles. The lowest BCUT2D eigenvalue weighted by atomic mass is 10.3. The molecule has 0 radical (unpaired) electrons. The maximum Gasteiger partial charge on any atom is 0.182 e. The molecule has 0 aliphatic heterocycles. The first kappa shape index (κ1) is 7.36. The highest BCUT2D eigenvalue weighted by Crippen LogP contribution is 2.24. The van der Waals surface area contributed by atoms with Crippen LogP contribution in [0, 0.1) is 0 Å². The SMILES string of the molecule is CNc1nc(-c2ccoc2)cs1. The Bertz CT molecular complexity index is 353. The zero-order valence-electron chi connectivity index (χ0n) is 6.57. The summed E-state index contributed by atoms with van der Waals surface area (Å²) in [6.45, 7) is 0. The number of nitrogens with zero attached hydrogens (tertiary/aromatic N) is 1. The van der Waals surface area contributed by atoms with E-state index in [1.165, 1.54) is 0 Å². The fraction of sp³-hybridized carbons (Fsp3) is 0.125. The third kappa shape index (κ3) is 1.21. The molecule has 0 spiro atoms. The first-order valence-electron chi connectivity index (χ1n) is 3.56. The molecular formula is C8H8N2OS. The Kier molecular flexibility index (Phi) is 1.83. The summed E-state index contributed by atoms with van der Waals surface area (Å²) in [7, 11) is 1.86. The standard InChI is InChI=1S/C8H8N2OS/c1-9-8-10-7(5-12-8)6-2-3-11-4-6/h2-5H,1H3,(H,9,10). The highest BCUT2D eigenvalue weighted by Gasteiger charge is 2.03. The van der Waals surface area contributed by atoms with Crippen molar-refractivity contribution in [1.82, 2.24) is 4.98 Å². The largest absolute Gasteiger partial charge is 0.472 e. The van der Waals surface area contributed by atoms with E-state index in [-0.39, 0.29) is 0 Å². The number of hydrogen-bond acceptors (Lipinski definition) is 4. The van der Waals surface area contributed by atoms with Crippen molar-refractivity contribution in [3.05, 3.63) is 24.0 Å². The van der Waals surface area contributed by atoms with Crippen LogP contribution in [0.1, 0.15) is 0 Å². The lowest BCUT2D eigenvalue weighted by molar-refractivity contribution is 0.568. The molecule has 4 heteroatoms. The Balaban J connectivity index is 2.35. The van der Waals surface area contributed by atoms with Gasteiger partial charge in [-0.25, -0.2) is 4.98 Å². The molecule has 2 heterocycles. The number of hydrogen-bond donors (Lipinski definition) is 1. The summed E-state index contributed by atoms with van der Waals surface area (Å²) >= 11 is 1.58. The van der Waals surface area contributed by atoms with E-state index in [0.29, 0.717) is 0 Å². The van der Waals surface area contributed by atoms with E-state index in [9.17, 15) is 0 Å². The summed E-state index contributed by atoms with van der Waals surface area (Å²) in [5.41, 5.74) is 1.98. The van der Waals surface area contributed by atoms with Crippen molar-refractivity contribution >= 4 is 16.5 Å². The van der Waals surface area contributed by atoms with Crippen molar-refractivity contribution in [1.29, 1.82) is 0 Å². The average molecular weight is 180 g/mol. The minimum absolute atomic E-state index is 0.922. The predicted octanol–water partition coefficient (Wildman–Crippen LogP) is 2.44. The Labute approximate surface area is 74.1 Å². The van der Waals surface area contributed by atoms with Crippen LogP contribution in [0.3, 0.4) is 0 Å². The van der Waals surface area contributed by atoms with Gasteiger partial charge in [0.2, 0.25) is 0 Å². The zero-order chi connectivity index (χ0) is 8.39. The molecular weight excluding hydrogens is 172 g/mol. The Hall–Kier alpha value is -1.29. The van der Waals surface area contributed by atoms with Crippen LogP contribution in [-0.4, -0.2) is 12.0 Å². The van der Waals surface area contributed by atoms with Crippen molar-refractivity contribution in [2.24, 2.45) is 0 Å². The fourth-order valence-electron chi connectivity index (χ4n) is 0.931. The Morgan fingerprint density at radius 1 is 1.58 bits per heavy atom. The van der Waals surface area contributed by atoms with E-state index in [1.54, 1.807) is 23.9 Å². The number of rotatable bonds is 2. The molecule has 0 amide bonds. The quantitative estimate of drug-likeness (QED) is 0.771. The maximum atomic E-state index is 4.96. The molecule has 0 aliphatic rings. The Morgan fingerprint density at radius 3 is 3.08 bits per heavy atom. The van der Waals surface area contributed by atoms with E-state index in [2.05, 4.69) is 10.3 Å². The molecule has 0 saturated carbocycles. The molecule has 0 atom stereocenters. The minimum Gasteiger partial charge on any atom is -0.472 e. The molecule has 2 aromatic rings. The molecule has 1 N–H and O–H groups in total. The number of aromatic nitrogens is 1. The lowest BCUT2D eigenvalue weighted by Crippen LogP contribution is -1.85. The van der Waals surface area contributed by atoms with Gasteiger partial charge in [0.25, 0.3) is 0 Å². The van der Waals surface area contributed by atoms with Crippen molar-refractivity contribution in [2.45, 2.75) is 0 Å². The first-order valence-corrected chi connectivity index (χ1v) is 4.44. The highest BCUT2D eigenvalue weighted by atomic mass is 32.1. The average Bonchev–Trinajstić information content (AvgIpc) is 2.75. The topological polar surface area (TPSA) is 38.1 Å². The van der Waals surface area contributed by atoms with Crippen LogP contribution < -0.4 is 5.32 Å². The second-order valence-electron chi connectivity index (χ2n) is 2.30. The van der Waals surface area contributed by atoms with Gasteiger partial charge in [0.1, 0.15) is 0 Å². The van der Waals surface area contributed by atoms with Gasteiger partial charge < -0.3 is 9.73 Å². The molecule has 62 valence electrons. The summed E-state index contributed by atoms with van der Waals surface area (Å²) in [4.78, 5) is 4.32. The van der Waals surface area contributed by atoms with Crippen molar-refractivity contribution in [2.75, 3.05) is 12.4 Å². The van der Waals surface area contributed by atoms with Gasteiger partial charge in [0, 0.05) is 18.0 Å². The minimum atomic E-state index is 0.922. The van der Waals surface area contributed by atoms with Gasteiger partial charge in [-0.15, -0.1) is 11.3 Å². The molecule has 0 bridgehead atoms. The van der Waals surface area contributed by atoms with Gasteiger partial charge in [0.15, 0.2) is 5.13 Å². The first-order chi connectivity index (χ1) is 5.90. The maximum absolute atomic E-state index is 4.96. The third-order valence-corrected chi connectivity index (χ3v) is 2.39. The lowest BCUT2D eigenvalue weighted by Gasteiger charge is -1.88. The number of furan rings is 1. The van der Waals surface area contributed by atoms with Crippen LogP contribution in [0.25, 0.3) is 11.3 Å². The smallest absolute Gasteiger partial charge is 0.182 e. The van der Waals surface area contributed by atoms with Crippen molar-refractivity contribution in [3.8, 4) is 11.3 Å². The molecule has 0 aromatic carbocycles. The zero-order valence-corrected chi connectivity index (χ0v) is 7.39. The molecule has 0 fully saturated rings. The summed E-state index contributed by atoms with van der Waals surface area (Å²) in [5, 5.41) is 5.91. The number of nitrogens with one attached hydrogen (secondary N) is 1. The van der Waals surface area contributed by atoms with Gasteiger partial charge in [-0.3, -0.25) is 0 Å². The van der Waals surface area contributed by atoms with Crippen LogP contribution in [0.5, 0.6) is 0 Å². The molecule has 0 saturated heterocycles. The van der Waals surface area contributed by atoms with Gasteiger partial charge in [0.05, 0.1) is 18.2 Å². The molecule has 2 rings (SSSR count). The Morgan fingerprint density at radius 2 is 2.50 bits per heavy atom. The third-order valence-electron chi connectivity index (χ3n) is 1.53. The van der Waals surface area contributed by atoms with E-state index >= 15 is 0 Å². The highest BCUT2D eigenvalue weighted by molar-refractivity contribution is 7.14. The molecule has 0 aliphatic carbocycles. The van der Waals surface area contributed by atoms with Crippen LogP contribution in [0.4, 0.5) is 5.13 Å². The second kappa shape index (κ2) is 2.98. The summed E-state index contributed by atoms with van der Waals surface area (Å²) in [5.74, 6) is 0.